The Balaban J connectivity index is 1.68. The van der Waals surface area contributed by atoms with Crippen LogP contribution in [0.2, 0.25) is 5.02 Å². The van der Waals surface area contributed by atoms with Gasteiger partial charge in [0.25, 0.3) is 5.91 Å². The van der Waals surface area contributed by atoms with Crippen LogP contribution >= 0.6 is 11.6 Å². The second-order valence-electron chi connectivity index (χ2n) is 5.73. The van der Waals surface area contributed by atoms with Gasteiger partial charge in [-0.15, -0.1) is 0 Å². The molecule has 2 aromatic carbocycles. The van der Waals surface area contributed by atoms with Crippen molar-refractivity contribution in [1.29, 1.82) is 5.26 Å². The SMILES string of the molecule is C[C@H](Oc1ccc(C#N)cc1)C(=O)OCC(=O)NCCc1cccc(Cl)c1. The van der Waals surface area contributed by atoms with Gasteiger partial charge in [0.05, 0.1) is 11.6 Å². The van der Waals surface area contributed by atoms with Crippen LogP contribution in [0, 0.1) is 11.3 Å². The minimum atomic E-state index is -0.878. The van der Waals surface area contributed by atoms with Crippen molar-refractivity contribution in [3.05, 3.63) is 64.7 Å². The van der Waals surface area contributed by atoms with Crippen molar-refractivity contribution >= 4 is 23.5 Å². The minimum Gasteiger partial charge on any atom is -0.479 e. The van der Waals surface area contributed by atoms with Crippen molar-refractivity contribution in [3.63, 3.8) is 0 Å². The topological polar surface area (TPSA) is 88.4 Å². The van der Waals surface area contributed by atoms with E-state index in [1.807, 2.05) is 24.3 Å². The summed E-state index contributed by atoms with van der Waals surface area (Å²) >= 11 is 5.90. The summed E-state index contributed by atoms with van der Waals surface area (Å²) in [4.78, 5) is 23.7. The molecular formula is C20H19ClN2O4. The maximum absolute atomic E-state index is 11.9. The molecule has 0 bridgehead atoms. The van der Waals surface area contributed by atoms with E-state index in [4.69, 9.17) is 26.3 Å². The third-order valence-electron chi connectivity index (χ3n) is 3.60. The Labute approximate surface area is 162 Å². The fraction of sp³-hybridized carbons (Fsp3) is 0.250. The molecule has 0 aromatic heterocycles. The average Bonchev–Trinajstić information content (AvgIpc) is 2.66. The first-order valence-electron chi connectivity index (χ1n) is 8.32. The molecule has 6 nitrogen and oxygen atoms in total. The summed E-state index contributed by atoms with van der Waals surface area (Å²) in [7, 11) is 0. The highest BCUT2D eigenvalue weighted by Crippen LogP contribution is 2.14. The summed E-state index contributed by atoms with van der Waals surface area (Å²) in [5.41, 5.74) is 1.50. The van der Waals surface area contributed by atoms with Crippen molar-refractivity contribution in [2.45, 2.75) is 19.4 Å². The molecule has 2 aromatic rings. The molecule has 0 aliphatic rings. The molecule has 27 heavy (non-hydrogen) atoms. The first-order valence-corrected chi connectivity index (χ1v) is 8.70. The Hall–Kier alpha value is -3.04. The second-order valence-corrected chi connectivity index (χ2v) is 6.17. The Kier molecular flexibility index (Phi) is 7.65. The molecule has 0 unspecified atom stereocenters. The fourth-order valence-electron chi connectivity index (χ4n) is 2.20. The highest BCUT2D eigenvalue weighted by Gasteiger charge is 2.17. The van der Waals surface area contributed by atoms with Gasteiger partial charge in [-0.05, 0) is 55.3 Å². The normalized spacial score (nSPS) is 11.1. The van der Waals surface area contributed by atoms with Crippen LogP contribution in [0.15, 0.2) is 48.5 Å². The van der Waals surface area contributed by atoms with Gasteiger partial charge in [0.2, 0.25) is 0 Å². The number of nitrogens with zero attached hydrogens (tertiary/aromatic N) is 1. The average molecular weight is 387 g/mol. The molecule has 1 amide bonds. The zero-order valence-corrected chi connectivity index (χ0v) is 15.5. The van der Waals surface area contributed by atoms with Crippen LogP contribution in [0.4, 0.5) is 0 Å². The first kappa shape index (κ1) is 20.3. The van der Waals surface area contributed by atoms with E-state index in [0.717, 1.165) is 5.56 Å². The van der Waals surface area contributed by atoms with Crippen LogP contribution in [0.1, 0.15) is 18.1 Å². The van der Waals surface area contributed by atoms with Gasteiger partial charge in [0.15, 0.2) is 12.7 Å². The van der Waals surface area contributed by atoms with Crippen LogP contribution in [-0.2, 0) is 20.7 Å². The predicted molar refractivity (Wildman–Crippen MR) is 100 cm³/mol. The number of halogens is 1. The third-order valence-corrected chi connectivity index (χ3v) is 3.83. The van der Waals surface area contributed by atoms with E-state index >= 15 is 0 Å². The number of carbonyl (C=O) groups is 2. The molecule has 0 fully saturated rings. The van der Waals surface area contributed by atoms with Gasteiger partial charge in [0, 0.05) is 11.6 Å². The Morgan fingerprint density at radius 2 is 1.96 bits per heavy atom. The van der Waals surface area contributed by atoms with Crippen LogP contribution < -0.4 is 10.1 Å². The van der Waals surface area contributed by atoms with E-state index in [2.05, 4.69) is 5.32 Å². The summed E-state index contributed by atoms with van der Waals surface area (Å²) < 4.78 is 10.4. The number of esters is 1. The van der Waals surface area contributed by atoms with Crippen molar-refractivity contribution < 1.29 is 19.1 Å². The molecule has 7 heteroatoms. The lowest BCUT2D eigenvalue weighted by atomic mass is 10.1. The number of hydrogen-bond acceptors (Lipinski definition) is 5. The molecule has 0 saturated carbocycles. The number of nitriles is 1. The number of ether oxygens (including phenoxy) is 2. The lowest BCUT2D eigenvalue weighted by molar-refractivity contribution is -0.154. The van der Waals surface area contributed by atoms with Crippen LogP contribution in [0.3, 0.4) is 0 Å². The number of hydrogen-bond donors (Lipinski definition) is 1. The Bertz CT molecular complexity index is 831. The zero-order valence-electron chi connectivity index (χ0n) is 14.8. The minimum absolute atomic E-state index is 0.380. The second kappa shape index (κ2) is 10.2. The predicted octanol–water partition coefficient (Wildman–Crippen LogP) is 2.88. The molecule has 0 aliphatic heterocycles. The van der Waals surface area contributed by atoms with E-state index < -0.39 is 18.0 Å². The number of amides is 1. The number of rotatable bonds is 8. The van der Waals surface area contributed by atoms with Gasteiger partial charge >= 0.3 is 5.97 Å². The molecule has 140 valence electrons. The van der Waals surface area contributed by atoms with Gasteiger partial charge in [0.1, 0.15) is 5.75 Å². The van der Waals surface area contributed by atoms with Crippen molar-refractivity contribution in [2.75, 3.05) is 13.2 Å². The van der Waals surface area contributed by atoms with Gasteiger partial charge in [-0.2, -0.15) is 5.26 Å². The van der Waals surface area contributed by atoms with E-state index in [9.17, 15) is 9.59 Å². The molecule has 0 heterocycles. The maximum Gasteiger partial charge on any atom is 0.347 e. The fourth-order valence-corrected chi connectivity index (χ4v) is 2.42. The van der Waals surface area contributed by atoms with E-state index in [0.29, 0.717) is 29.3 Å². The Morgan fingerprint density at radius 3 is 2.63 bits per heavy atom. The molecule has 0 spiro atoms. The molecule has 2 rings (SSSR count). The summed E-state index contributed by atoms with van der Waals surface area (Å²) in [6, 6.07) is 15.7. The molecule has 1 atom stereocenters. The van der Waals surface area contributed by atoms with Crippen LogP contribution in [0.25, 0.3) is 0 Å². The zero-order chi connectivity index (χ0) is 19.6. The number of nitrogens with one attached hydrogen (secondary N) is 1. The van der Waals surface area contributed by atoms with Crippen LogP contribution in [-0.4, -0.2) is 31.1 Å². The lowest BCUT2D eigenvalue weighted by Crippen LogP contribution is -2.33. The van der Waals surface area contributed by atoms with Crippen molar-refractivity contribution in [1.82, 2.24) is 5.32 Å². The van der Waals surface area contributed by atoms with Gasteiger partial charge in [-0.25, -0.2) is 4.79 Å². The van der Waals surface area contributed by atoms with Gasteiger partial charge in [-0.1, -0.05) is 23.7 Å². The first-order chi connectivity index (χ1) is 13.0. The van der Waals surface area contributed by atoms with Crippen molar-refractivity contribution in [3.8, 4) is 11.8 Å². The van der Waals surface area contributed by atoms with Gasteiger partial charge in [-0.3, -0.25) is 4.79 Å². The van der Waals surface area contributed by atoms with E-state index in [1.165, 1.54) is 6.92 Å². The number of benzene rings is 2. The standard InChI is InChI=1S/C20H19ClN2O4/c1-14(27-18-7-5-16(12-22)6-8-18)20(25)26-13-19(24)23-10-9-15-3-2-4-17(21)11-15/h2-8,11,14H,9-10,13H2,1H3,(H,23,24)/t14-/m0/s1. The molecule has 0 saturated heterocycles. The molecular weight excluding hydrogens is 368 g/mol. The highest BCUT2D eigenvalue weighted by atomic mass is 35.5. The molecule has 0 aliphatic carbocycles. The highest BCUT2D eigenvalue weighted by molar-refractivity contribution is 6.30. The number of carbonyl (C=O) groups excluding carboxylic acids is 2. The Morgan fingerprint density at radius 1 is 1.22 bits per heavy atom. The monoisotopic (exact) mass is 386 g/mol. The summed E-state index contributed by atoms with van der Waals surface area (Å²) in [5, 5.41) is 12.1. The summed E-state index contributed by atoms with van der Waals surface area (Å²) in [5.74, 6) is -0.607. The van der Waals surface area contributed by atoms with Gasteiger partial charge < -0.3 is 14.8 Å². The van der Waals surface area contributed by atoms with Crippen molar-refractivity contribution in [2.24, 2.45) is 0 Å². The molecule has 1 N–H and O–H groups in total. The smallest absolute Gasteiger partial charge is 0.347 e. The quantitative estimate of drug-likeness (QED) is 0.705. The van der Waals surface area contributed by atoms with E-state index in [-0.39, 0.29) is 6.61 Å². The summed E-state index contributed by atoms with van der Waals surface area (Å²) in [6.07, 6.45) is -0.254. The third kappa shape index (κ3) is 7.00. The van der Waals surface area contributed by atoms with Crippen LogP contribution in [0.5, 0.6) is 5.75 Å². The maximum atomic E-state index is 11.9. The summed E-state index contributed by atoms with van der Waals surface area (Å²) in [6.45, 7) is 1.56. The van der Waals surface area contributed by atoms with E-state index in [1.54, 1.807) is 30.3 Å². The largest absolute Gasteiger partial charge is 0.479 e. The molecule has 0 radical (unpaired) electrons. The lowest BCUT2D eigenvalue weighted by Gasteiger charge is -2.14.